The molecule has 0 spiro atoms. The van der Waals surface area contributed by atoms with Gasteiger partial charge in [0.15, 0.2) is 5.78 Å². The van der Waals surface area contributed by atoms with Crippen LogP contribution >= 0.6 is 0 Å². The molecule has 0 bridgehead atoms. The largest absolute Gasteiger partial charge is 0.303 e. The first-order valence-corrected chi connectivity index (χ1v) is 7.05. The van der Waals surface area contributed by atoms with Crippen molar-refractivity contribution in [1.29, 1.82) is 0 Å². The van der Waals surface area contributed by atoms with Gasteiger partial charge >= 0.3 is 0 Å². The summed E-state index contributed by atoms with van der Waals surface area (Å²) in [7, 11) is 0. The Balaban J connectivity index is 1.92. The van der Waals surface area contributed by atoms with Gasteiger partial charge in [0.2, 0.25) is 0 Å². The van der Waals surface area contributed by atoms with Crippen LogP contribution in [0.5, 0.6) is 0 Å². The minimum atomic E-state index is -0.406. The quantitative estimate of drug-likeness (QED) is 0.784. The van der Waals surface area contributed by atoms with Gasteiger partial charge in [-0.3, -0.25) is 9.78 Å². The number of carbonyl (C=O) groups is 1. The van der Waals surface area contributed by atoms with Gasteiger partial charge in [0.05, 0.1) is 6.20 Å². The molecule has 0 N–H and O–H groups in total. The first-order valence-electron chi connectivity index (χ1n) is 7.05. The molecule has 1 unspecified atom stereocenters. The lowest BCUT2D eigenvalue weighted by Crippen LogP contribution is -2.33. The fraction of sp³-hybridized carbons (Fsp3) is 0.600. The van der Waals surface area contributed by atoms with Crippen molar-refractivity contribution in [1.82, 2.24) is 9.88 Å². The van der Waals surface area contributed by atoms with E-state index in [1.54, 1.807) is 0 Å². The van der Waals surface area contributed by atoms with E-state index in [0.29, 0.717) is 5.69 Å². The standard InChI is InChI=1S/C15H21FN2O/c1-12(11-18-8-4-2-3-5-9-18)15(19)14-7-6-13(16)10-17-14/h6-7,10,12H,2-5,8-9,11H2,1H3. The molecule has 0 aliphatic carbocycles. The Morgan fingerprint density at radius 3 is 2.58 bits per heavy atom. The van der Waals surface area contributed by atoms with E-state index in [1.807, 2.05) is 6.92 Å². The molecule has 2 heterocycles. The Hall–Kier alpha value is -1.29. The molecule has 4 heteroatoms. The summed E-state index contributed by atoms with van der Waals surface area (Å²) in [4.78, 5) is 18.4. The van der Waals surface area contributed by atoms with Crippen molar-refractivity contribution in [3.63, 3.8) is 0 Å². The fourth-order valence-electron chi connectivity index (χ4n) is 2.56. The molecule has 2 rings (SSSR count). The summed E-state index contributed by atoms with van der Waals surface area (Å²) < 4.78 is 12.8. The van der Waals surface area contributed by atoms with Crippen LogP contribution in [0, 0.1) is 11.7 Å². The molecule has 0 amide bonds. The highest BCUT2D eigenvalue weighted by molar-refractivity contribution is 5.95. The summed E-state index contributed by atoms with van der Waals surface area (Å²) >= 11 is 0. The predicted molar refractivity (Wildman–Crippen MR) is 72.6 cm³/mol. The summed E-state index contributed by atoms with van der Waals surface area (Å²) in [6.07, 6.45) is 6.12. The molecule has 0 aromatic carbocycles. The smallest absolute Gasteiger partial charge is 0.185 e. The fourth-order valence-corrected chi connectivity index (χ4v) is 2.56. The lowest BCUT2D eigenvalue weighted by molar-refractivity contribution is 0.0890. The van der Waals surface area contributed by atoms with E-state index in [4.69, 9.17) is 0 Å². The number of nitrogens with zero attached hydrogens (tertiary/aromatic N) is 2. The Morgan fingerprint density at radius 2 is 2.00 bits per heavy atom. The second-order valence-corrected chi connectivity index (χ2v) is 5.34. The molecule has 1 saturated heterocycles. The molecular weight excluding hydrogens is 243 g/mol. The van der Waals surface area contributed by atoms with Crippen LogP contribution in [0.1, 0.15) is 43.1 Å². The van der Waals surface area contributed by atoms with Gasteiger partial charge in [-0.1, -0.05) is 19.8 Å². The second kappa shape index (κ2) is 6.75. The van der Waals surface area contributed by atoms with Gasteiger partial charge in [-0.05, 0) is 38.1 Å². The lowest BCUT2D eigenvalue weighted by atomic mass is 10.0. The number of carbonyl (C=O) groups excluding carboxylic acids is 1. The molecule has 0 radical (unpaired) electrons. The first-order chi connectivity index (χ1) is 9.16. The second-order valence-electron chi connectivity index (χ2n) is 5.34. The molecule has 1 aromatic heterocycles. The van der Waals surface area contributed by atoms with Crippen molar-refractivity contribution < 1.29 is 9.18 Å². The number of rotatable bonds is 4. The van der Waals surface area contributed by atoms with E-state index < -0.39 is 5.82 Å². The summed E-state index contributed by atoms with van der Waals surface area (Å²) in [6, 6.07) is 2.76. The number of likely N-dealkylation sites (tertiary alicyclic amines) is 1. The van der Waals surface area contributed by atoms with Crippen molar-refractivity contribution >= 4 is 5.78 Å². The number of aromatic nitrogens is 1. The molecule has 3 nitrogen and oxygen atoms in total. The zero-order chi connectivity index (χ0) is 13.7. The highest BCUT2D eigenvalue weighted by atomic mass is 19.1. The van der Waals surface area contributed by atoms with Crippen LogP contribution in [0.3, 0.4) is 0 Å². The molecule has 19 heavy (non-hydrogen) atoms. The third kappa shape index (κ3) is 4.10. The molecule has 1 aromatic rings. The number of ketones is 1. The number of halogens is 1. The van der Waals surface area contributed by atoms with Crippen molar-refractivity contribution in [2.45, 2.75) is 32.6 Å². The van der Waals surface area contributed by atoms with Crippen LogP contribution in [-0.2, 0) is 0 Å². The average molecular weight is 264 g/mol. The lowest BCUT2D eigenvalue weighted by Gasteiger charge is -2.23. The monoisotopic (exact) mass is 264 g/mol. The molecule has 1 fully saturated rings. The van der Waals surface area contributed by atoms with Gasteiger partial charge in [-0.2, -0.15) is 0 Å². The number of hydrogen-bond acceptors (Lipinski definition) is 3. The van der Waals surface area contributed by atoms with Crippen molar-refractivity contribution in [3.8, 4) is 0 Å². The third-order valence-electron chi connectivity index (χ3n) is 3.66. The summed E-state index contributed by atoms with van der Waals surface area (Å²) in [6.45, 7) is 4.86. The number of hydrogen-bond donors (Lipinski definition) is 0. The van der Waals surface area contributed by atoms with E-state index in [1.165, 1.54) is 37.8 Å². The van der Waals surface area contributed by atoms with Gasteiger partial charge in [0.25, 0.3) is 0 Å². The van der Waals surface area contributed by atoms with Crippen LogP contribution in [0.4, 0.5) is 4.39 Å². The van der Waals surface area contributed by atoms with Crippen LogP contribution in [0.15, 0.2) is 18.3 Å². The third-order valence-corrected chi connectivity index (χ3v) is 3.66. The molecule has 104 valence electrons. The van der Waals surface area contributed by atoms with Crippen LogP contribution in [0.25, 0.3) is 0 Å². The normalized spacial score (nSPS) is 18.8. The minimum Gasteiger partial charge on any atom is -0.303 e. The summed E-state index contributed by atoms with van der Waals surface area (Å²) in [5.74, 6) is -0.489. The zero-order valence-electron chi connectivity index (χ0n) is 11.4. The SMILES string of the molecule is CC(CN1CCCCCC1)C(=O)c1ccc(F)cn1. The maximum absolute atomic E-state index is 12.8. The molecule has 1 aliphatic heterocycles. The van der Waals surface area contributed by atoms with Crippen molar-refractivity contribution in [3.05, 3.63) is 29.8 Å². The van der Waals surface area contributed by atoms with E-state index in [2.05, 4.69) is 9.88 Å². The van der Waals surface area contributed by atoms with Gasteiger partial charge in [-0.15, -0.1) is 0 Å². The highest BCUT2D eigenvalue weighted by Gasteiger charge is 2.20. The van der Waals surface area contributed by atoms with Crippen LogP contribution in [0.2, 0.25) is 0 Å². The van der Waals surface area contributed by atoms with Crippen molar-refractivity contribution in [2.24, 2.45) is 5.92 Å². The molecular formula is C15H21FN2O. The Morgan fingerprint density at radius 1 is 1.32 bits per heavy atom. The van der Waals surface area contributed by atoms with E-state index in [0.717, 1.165) is 25.8 Å². The number of pyridine rings is 1. The highest BCUT2D eigenvalue weighted by Crippen LogP contribution is 2.14. The molecule has 1 atom stereocenters. The molecule has 1 aliphatic rings. The Labute approximate surface area is 113 Å². The van der Waals surface area contributed by atoms with E-state index in [-0.39, 0.29) is 11.7 Å². The van der Waals surface area contributed by atoms with E-state index in [9.17, 15) is 9.18 Å². The number of Topliss-reactive ketones (excluding diaryl/α,β-unsaturated/α-hetero) is 1. The van der Waals surface area contributed by atoms with Gasteiger partial charge in [0.1, 0.15) is 11.5 Å². The first kappa shape index (κ1) is 14.1. The molecule has 0 saturated carbocycles. The van der Waals surface area contributed by atoms with E-state index >= 15 is 0 Å². The Bertz CT molecular complexity index is 411. The minimum absolute atomic E-state index is 0.00393. The average Bonchev–Trinajstić information content (AvgIpc) is 2.67. The summed E-state index contributed by atoms with van der Waals surface area (Å²) in [5.41, 5.74) is 0.365. The van der Waals surface area contributed by atoms with Gasteiger partial charge in [0, 0.05) is 12.5 Å². The maximum Gasteiger partial charge on any atom is 0.185 e. The van der Waals surface area contributed by atoms with Gasteiger partial charge in [-0.25, -0.2) is 4.39 Å². The van der Waals surface area contributed by atoms with Gasteiger partial charge < -0.3 is 4.90 Å². The topological polar surface area (TPSA) is 33.2 Å². The predicted octanol–water partition coefficient (Wildman–Crippen LogP) is 2.92. The zero-order valence-corrected chi connectivity index (χ0v) is 11.4. The van der Waals surface area contributed by atoms with Crippen LogP contribution in [-0.4, -0.2) is 35.3 Å². The van der Waals surface area contributed by atoms with Crippen molar-refractivity contribution in [2.75, 3.05) is 19.6 Å². The van der Waals surface area contributed by atoms with Crippen LogP contribution < -0.4 is 0 Å². The maximum atomic E-state index is 12.8. The Kier molecular flexibility index (Phi) is 5.02. The summed E-state index contributed by atoms with van der Waals surface area (Å²) in [5, 5.41) is 0.